The summed E-state index contributed by atoms with van der Waals surface area (Å²) >= 11 is 3.32. The summed E-state index contributed by atoms with van der Waals surface area (Å²) in [4.78, 5) is 53.6. The van der Waals surface area contributed by atoms with Gasteiger partial charge in [0, 0.05) is 66.1 Å². The monoisotopic (exact) mass is 636 g/mol. The van der Waals surface area contributed by atoms with E-state index in [9.17, 15) is 29.4 Å². The van der Waals surface area contributed by atoms with Crippen LogP contribution in [-0.4, -0.2) is 71.3 Å². The fourth-order valence-corrected chi connectivity index (χ4v) is 10.7. The van der Waals surface area contributed by atoms with Crippen molar-refractivity contribution in [2.75, 3.05) is 13.2 Å². The lowest BCUT2D eigenvalue weighted by Gasteiger charge is -2.72. The fraction of sp³-hybridized carbons (Fsp3) is 0.733. The van der Waals surface area contributed by atoms with Gasteiger partial charge in [-0.1, -0.05) is 20.8 Å². The smallest absolute Gasteiger partial charge is 0.303 e. The van der Waals surface area contributed by atoms with Crippen molar-refractivity contribution in [2.45, 2.75) is 84.2 Å². The molecule has 6 rings (SSSR count). The van der Waals surface area contributed by atoms with E-state index in [0.29, 0.717) is 10.2 Å². The zero-order valence-electron chi connectivity index (χ0n) is 23.8. The van der Waals surface area contributed by atoms with Gasteiger partial charge in [0.05, 0.1) is 31.7 Å². The summed E-state index contributed by atoms with van der Waals surface area (Å²) in [6.45, 7) is 8.28. The van der Waals surface area contributed by atoms with Crippen LogP contribution in [0, 0.1) is 39.4 Å². The van der Waals surface area contributed by atoms with Crippen molar-refractivity contribution in [3.8, 4) is 0 Å². The molecule has 1 saturated heterocycles. The van der Waals surface area contributed by atoms with E-state index in [1.54, 1.807) is 19.9 Å². The van der Waals surface area contributed by atoms with Gasteiger partial charge < -0.3 is 28.8 Å². The Hall–Kier alpha value is -2.08. The predicted molar refractivity (Wildman–Crippen MR) is 144 cm³/mol. The van der Waals surface area contributed by atoms with Gasteiger partial charge in [-0.2, -0.15) is 0 Å². The molecule has 0 unspecified atom stereocenters. The van der Waals surface area contributed by atoms with Gasteiger partial charge in [0.1, 0.15) is 11.9 Å². The van der Waals surface area contributed by atoms with Gasteiger partial charge in [0.2, 0.25) is 0 Å². The molecule has 10 nitrogen and oxygen atoms in total. The number of esters is 2. The molecule has 0 radical (unpaired) electrons. The standard InChI is InChI=1S/C30H37BrO10/c1-13(32)40-21-9-20(36)30-12-38-11-27(21,3)18(30)8-19(35)29(5)24-17(34)7-16(15-6-22(31)39-10-15)28(24,4)26(41-14(2)33)23(37)25(29)30/h6,10,16,18-21,24-26,35-36H,7-9,11-12H2,1-5H3/t16-,18-,19+,20-,21+,24+,25-,26-,27+,28-,29-,30+/m0/s1. The number of aliphatic hydroxyl groups excluding tert-OH is 2. The summed E-state index contributed by atoms with van der Waals surface area (Å²) in [5.41, 5.74) is -3.76. The maximum absolute atomic E-state index is 15.0. The molecule has 4 saturated carbocycles. The van der Waals surface area contributed by atoms with E-state index < -0.39 is 87.5 Å². The Bertz CT molecular complexity index is 1320. The van der Waals surface area contributed by atoms with Gasteiger partial charge in [-0.15, -0.1) is 0 Å². The third-order valence-electron chi connectivity index (χ3n) is 11.8. The summed E-state index contributed by atoms with van der Waals surface area (Å²) in [7, 11) is 0. The minimum absolute atomic E-state index is 0.0302. The quantitative estimate of drug-likeness (QED) is 0.474. The Morgan fingerprint density at radius 2 is 1.66 bits per heavy atom. The molecule has 0 aromatic carbocycles. The van der Waals surface area contributed by atoms with Crippen LogP contribution in [0.25, 0.3) is 0 Å². The van der Waals surface area contributed by atoms with E-state index in [1.807, 2.05) is 6.92 Å². The molecule has 1 aliphatic heterocycles. The molecule has 0 amide bonds. The molecule has 2 N–H and O–H groups in total. The van der Waals surface area contributed by atoms with Crippen molar-refractivity contribution in [2.24, 2.45) is 39.4 Å². The lowest BCUT2D eigenvalue weighted by molar-refractivity contribution is -0.323. The van der Waals surface area contributed by atoms with Crippen molar-refractivity contribution in [1.29, 1.82) is 0 Å². The molecule has 4 aliphatic carbocycles. The van der Waals surface area contributed by atoms with Crippen LogP contribution in [0.15, 0.2) is 21.4 Å². The number of ether oxygens (including phenoxy) is 3. The number of aliphatic hydroxyl groups is 2. The Morgan fingerprint density at radius 1 is 0.976 bits per heavy atom. The van der Waals surface area contributed by atoms with E-state index in [4.69, 9.17) is 18.6 Å². The lowest BCUT2D eigenvalue weighted by Crippen LogP contribution is -2.79. The first-order valence-corrected chi connectivity index (χ1v) is 15.0. The van der Waals surface area contributed by atoms with Crippen LogP contribution in [0.5, 0.6) is 0 Å². The number of furan rings is 1. The number of fused-ring (bicyclic) bond motifs is 3. The van der Waals surface area contributed by atoms with E-state index >= 15 is 0 Å². The molecule has 12 atom stereocenters. The number of hydrogen-bond donors (Lipinski definition) is 2. The topological polar surface area (TPSA) is 150 Å². The van der Waals surface area contributed by atoms with Crippen LogP contribution in [-0.2, 0) is 33.4 Å². The molecule has 224 valence electrons. The van der Waals surface area contributed by atoms with E-state index in [2.05, 4.69) is 15.9 Å². The van der Waals surface area contributed by atoms with E-state index in [-0.39, 0.29) is 38.3 Å². The fourth-order valence-electron chi connectivity index (χ4n) is 10.4. The second-order valence-corrected chi connectivity index (χ2v) is 14.4. The molecule has 5 aliphatic rings. The van der Waals surface area contributed by atoms with Gasteiger partial charge in [-0.05, 0) is 39.9 Å². The Kier molecular flexibility index (Phi) is 6.52. The number of hydrogen-bond acceptors (Lipinski definition) is 10. The molecular weight excluding hydrogens is 600 g/mol. The van der Waals surface area contributed by atoms with Crippen molar-refractivity contribution < 1.29 is 48.0 Å². The first-order chi connectivity index (χ1) is 19.1. The highest BCUT2D eigenvalue weighted by atomic mass is 79.9. The summed E-state index contributed by atoms with van der Waals surface area (Å²) < 4.78 is 23.6. The lowest BCUT2D eigenvalue weighted by atomic mass is 9.34. The zero-order chi connectivity index (χ0) is 29.9. The zero-order valence-corrected chi connectivity index (χ0v) is 25.4. The second kappa shape index (κ2) is 9.21. The molecule has 2 bridgehead atoms. The van der Waals surface area contributed by atoms with Crippen LogP contribution in [0.3, 0.4) is 0 Å². The first kappa shape index (κ1) is 29.0. The average molecular weight is 638 g/mol. The van der Waals surface area contributed by atoms with Crippen molar-refractivity contribution in [3.05, 3.63) is 22.6 Å². The molecule has 2 heterocycles. The van der Waals surface area contributed by atoms with Gasteiger partial charge in [-0.25, -0.2) is 0 Å². The van der Waals surface area contributed by atoms with E-state index in [1.165, 1.54) is 20.1 Å². The summed E-state index contributed by atoms with van der Waals surface area (Å²) in [5, 5.41) is 24.0. The summed E-state index contributed by atoms with van der Waals surface area (Å²) in [6, 6.07) is 1.75. The maximum Gasteiger partial charge on any atom is 0.303 e. The molecule has 11 heteroatoms. The number of halogens is 1. The molecule has 0 spiro atoms. The van der Waals surface area contributed by atoms with Crippen LogP contribution < -0.4 is 0 Å². The highest BCUT2D eigenvalue weighted by Gasteiger charge is 2.81. The minimum atomic E-state index is -1.31. The van der Waals surface area contributed by atoms with Crippen molar-refractivity contribution >= 4 is 39.4 Å². The molecule has 41 heavy (non-hydrogen) atoms. The van der Waals surface area contributed by atoms with Crippen LogP contribution >= 0.6 is 15.9 Å². The van der Waals surface area contributed by atoms with Crippen LogP contribution in [0.1, 0.15) is 65.4 Å². The van der Waals surface area contributed by atoms with E-state index in [0.717, 1.165) is 0 Å². The third kappa shape index (κ3) is 3.58. The van der Waals surface area contributed by atoms with Crippen LogP contribution in [0.2, 0.25) is 0 Å². The van der Waals surface area contributed by atoms with Crippen molar-refractivity contribution in [3.63, 3.8) is 0 Å². The van der Waals surface area contributed by atoms with Gasteiger partial charge in [0.15, 0.2) is 16.6 Å². The highest BCUT2D eigenvalue weighted by Crippen LogP contribution is 2.74. The molecule has 5 fully saturated rings. The van der Waals surface area contributed by atoms with Gasteiger partial charge in [0.25, 0.3) is 0 Å². The van der Waals surface area contributed by atoms with Gasteiger partial charge >= 0.3 is 11.9 Å². The first-order valence-electron chi connectivity index (χ1n) is 14.2. The second-order valence-electron chi connectivity index (χ2n) is 13.7. The highest BCUT2D eigenvalue weighted by molar-refractivity contribution is 9.10. The number of rotatable bonds is 3. The number of carbonyl (C=O) groups excluding carboxylic acids is 4. The third-order valence-corrected chi connectivity index (χ3v) is 12.2. The Labute approximate surface area is 246 Å². The Balaban J connectivity index is 1.55. The van der Waals surface area contributed by atoms with Crippen LogP contribution in [0.4, 0.5) is 0 Å². The normalized spacial score (nSPS) is 48.6. The number of carbonyl (C=O) groups is 4. The molecule has 1 aromatic rings. The molecular formula is C30H37BrO10. The minimum Gasteiger partial charge on any atom is -0.462 e. The largest absolute Gasteiger partial charge is 0.462 e. The molecule has 1 aromatic heterocycles. The number of Topliss-reactive ketones (excluding diaryl/α,β-unsaturated/α-hetero) is 2. The predicted octanol–water partition coefficient (Wildman–Crippen LogP) is 2.96. The summed E-state index contributed by atoms with van der Waals surface area (Å²) in [5.74, 6) is -4.61. The van der Waals surface area contributed by atoms with Gasteiger partial charge in [-0.3, -0.25) is 19.2 Å². The Morgan fingerprint density at radius 3 is 2.27 bits per heavy atom. The summed E-state index contributed by atoms with van der Waals surface area (Å²) in [6.07, 6.45) is -2.33. The SMILES string of the molecule is CC(=O)O[C@@H]1C[C@H](O)[C@@]23COC[C@]1(C)[C@@H]2C[C@@H](O)[C@@]1(C)[C@@H]2C(=O)C[C@@H](c4coc(Br)c4)[C@]2(C)[C@@H](OC(C)=O)C(=O)[C@@H]13. The van der Waals surface area contributed by atoms with Crippen molar-refractivity contribution in [1.82, 2.24) is 0 Å². The number of ketones is 2. The maximum atomic E-state index is 15.0. The average Bonchev–Trinajstić information content (AvgIpc) is 3.42.